The monoisotopic (exact) mass is 250 g/mol. The van der Waals surface area contributed by atoms with Gasteiger partial charge in [-0.1, -0.05) is 26.2 Å². The Balaban J connectivity index is 2.65. The zero-order valence-corrected chi connectivity index (χ0v) is 11.1. The number of nitrogens with two attached hydrogens (primary N) is 1. The van der Waals surface area contributed by atoms with Crippen LogP contribution in [-0.2, 0) is 0 Å². The van der Waals surface area contributed by atoms with E-state index >= 15 is 0 Å². The molecule has 1 atom stereocenters. The summed E-state index contributed by atoms with van der Waals surface area (Å²) in [4.78, 5) is 10.9. The summed E-state index contributed by atoms with van der Waals surface area (Å²) in [7, 11) is 0. The van der Waals surface area contributed by atoms with Gasteiger partial charge in [0.1, 0.15) is 0 Å². The smallest absolute Gasteiger partial charge is 0.335 e. The predicted octanol–water partition coefficient (Wildman–Crippen LogP) is 3.35. The number of hydrogen-bond acceptors (Lipinski definition) is 3. The van der Waals surface area contributed by atoms with Gasteiger partial charge >= 0.3 is 5.97 Å². The normalized spacial score (nSPS) is 12.1. The lowest BCUT2D eigenvalue weighted by molar-refractivity contribution is 0.0697. The van der Waals surface area contributed by atoms with Crippen LogP contribution in [0.1, 0.15) is 49.9 Å². The first-order valence-electron chi connectivity index (χ1n) is 6.44. The summed E-state index contributed by atoms with van der Waals surface area (Å²) >= 11 is 0. The molecule has 0 aliphatic carbocycles. The van der Waals surface area contributed by atoms with E-state index in [1.807, 2.05) is 0 Å². The van der Waals surface area contributed by atoms with Crippen molar-refractivity contribution in [2.75, 3.05) is 11.1 Å². The number of carbonyl (C=O) groups is 1. The van der Waals surface area contributed by atoms with Crippen LogP contribution in [-0.4, -0.2) is 17.1 Å². The van der Waals surface area contributed by atoms with Gasteiger partial charge in [-0.25, -0.2) is 4.79 Å². The van der Waals surface area contributed by atoms with Crippen LogP contribution in [0.4, 0.5) is 11.4 Å². The number of carboxylic acid groups (broad SMARTS) is 1. The molecule has 0 saturated heterocycles. The number of unbranched alkanes of at least 4 members (excludes halogenated alkanes) is 2. The fourth-order valence-electron chi connectivity index (χ4n) is 1.85. The van der Waals surface area contributed by atoms with Crippen LogP contribution in [0.15, 0.2) is 18.2 Å². The lowest BCUT2D eigenvalue weighted by atomic mass is 10.1. The summed E-state index contributed by atoms with van der Waals surface area (Å²) in [6.45, 7) is 4.26. The molecule has 100 valence electrons. The maximum atomic E-state index is 10.9. The average molecular weight is 250 g/mol. The van der Waals surface area contributed by atoms with E-state index in [9.17, 15) is 4.79 Å². The van der Waals surface area contributed by atoms with Gasteiger partial charge in [0.25, 0.3) is 0 Å². The minimum absolute atomic E-state index is 0.257. The molecule has 0 aliphatic heterocycles. The van der Waals surface area contributed by atoms with E-state index in [4.69, 9.17) is 10.8 Å². The number of anilines is 2. The van der Waals surface area contributed by atoms with Gasteiger partial charge in [0, 0.05) is 6.04 Å². The Bertz CT molecular complexity index is 405. The molecule has 0 radical (unpaired) electrons. The Morgan fingerprint density at radius 2 is 2.17 bits per heavy atom. The third-order valence-electron chi connectivity index (χ3n) is 2.94. The largest absolute Gasteiger partial charge is 0.478 e. The third-order valence-corrected chi connectivity index (χ3v) is 2.94. The number of benzene rings is 1. The van der Waals surface area contributed by atoms with Crippen LogP contribution in [0.25, 0.3) is 0 Å². The topological polar surface area (TPSA) is 75.3 Å². The predicted molar refractivity (Wildman–Crippen MR) is 75.0 cm³/mol. The van der Waals surface area contributed by atoms with Crippen LogP contribution in [0, 0.1) is 0 Å². The number of hydrogen-bond donors (Lipinski definition) is 3. The van der Waals surface area contributed by atoms with Crippen LogP contribution in [0.5, 0.6) is 0 Å². The van der Waals surface area contributed by atoms with Gasteiger partial charge in [0.15, 0.2) is 0 Å². The van der Waals surface area contributed by atoms with E-state index in [-0.39, 0.29) is 5.56 Å². The summed E-state index contributed by atoms with van der Waals surface area (Å²) in [5, 5.41) is 12.2. The highest BCUT2D eigenvalue weighted by Gasteiger charge is 2.08. The molecule has 1 aromatic carbocycles. The summed E-state index contributed by atoms with van der Waals surface area (Å²) in [5.74, 6) is -0.934. The van der Waals surface area contributed by atoms with Crippen molar-refractivity contribution in [2.24, 2.45) is 0 Å². The van der Waals surface area contributed by atoms with E-state index in [1.165, 1.54) is 25.3 Å². The van der Waals surface area contributed by atoms with Crippen molar-refractivity contribution < 1.29 is 9.90 Å². The first-order valence-corrected chi connectivity index (χ1v) is 6.44. The van der Waals surface area contributed by atoms with Crippen molar-refractivity contribution in [1.29, 1.82) is 0 Å². The van der Waals surface area contributed by atoms with E-state index in [0.717, 1.165) is 6.42 Å². The molecule has 4 heteroatoms. The van der Waals surface area contributed by atoms with Gasteiger partial charge in [0.2, 0.25) is 0 Å². The Morgan fingerprint density at radius 3 is 2.78 bits per heavy atom. The second-order valence-electron chi connectivity index (χ2n) is 4.65. The molecule has 0 heterocycles. The number of nitrogens with one attached hydrogen (secondary N) is 1. The number of carboxylic acids is 1. The zero-order chi connectivity index (χ0) is 13.5. The van der Waals surface area contributed by atoms with Gasteiger partial charge in [0.05, 0.1) is 16.9 Å². The number of rotatable bonds is 7. The zero-order valence-electron chi connectivity index (χ0n) is 11.1. The molecule has 0 saturated carbocycles. The molecule has 0 aromatic heterocycles. The van der Waals surface area contributed by atoms with Gasteiger partial charge in [-0.15, -0.1) is 0 Å². The van der Waals surface area contributed by atoms with E-state index in [1.54, 1.807) is 12.1 Å². The fourth-order valence-corrected chi connectivity index (χ4v) is 1.85. The Morgan fingerprint density at radius 1 is 1.44 bits per heavy atom. The molecule has 0 spiro atoms. The van der Waals surface area contributed by atoms with Crippen molar-refractivity contribution in [3.8, 4) is 0 Å². The summed E-state index contributed by atoms with van der Waals surface area (Å²) in [6, 6.07) is 5.03. The average Bonchev–Trinajstić information content (AvgIpc) is 2.32. The molecule has 18 heavy (non-hydrogen) atoms. The van der Waals surface area contributed by atoms with Crippen molar-refractivity contribution in [1.82, 2.24) is 0 Å². The first kappa shape index (κ1) is 14.4. The molecule has 0 fully saturated rings. The van der Waals surface area contributed by atoms with Crippen LogP contribution < -0.4 is 11.1 Å². The molecule has 1 rings (SSSR count). The second kappa shape index (κ2) is 6.89. The maximum Gasteiger partial charge on any atom is 0.335 e. The molecule has 0 amide bonds. The number of aromatic carboxylic acids is 1. The summed E-state index contributed by atoms with van der Waals surface area (Å²) in [6.07, 6.45) is 4.65. The van der Waals surface area contributed by atoms with Crippen molar-refractivity contribution in [3.05, 3.63) is 23.8 Å². The van der Waals surface area contributed by atoms with Gasteiger partial charge in [-0.05, 0) is 31.5 Å². The van der Waals surface area contributed by atoms with Crippen LogP contribution in [0.3, 0.4) is 0 Å². The fraction of sp³-hybridized carbons (Fsp3) is 0.500. The SMILES string of the molecule is CCCCCC(C)Nc1cc(C(=O)O)ccc1N. The van der Waals surface area contributed by atoms with Gasteiger partial charge in [-0.3, -0.25) is 0 Å². The highest BCUT2D eigenvalue weighted by Crippen LogP contribution is 2.22. The van der Waals surface area contributed by atoms with Crippen LogP contribution in [0.2, 0.25) is 0 Å². The molecule has 0 bridgehead atoms. The summed E-state index contributed by atoms with van der Waals surface area (Å²) < 4.78 is 0. The van der Waals surface area contributed by atoms with E-state index in [0.29, 0.717) is 17.4 Å². The number of nitrogen functional groups attached to an aromatic ring is 1. The molecule has 4 nitrogen and oxygen atoms in total. The van der Waals surface area contributed by atoms with Crippen LogP contribution >= 0.6 is 0 Å². The summed E-state index contributed by atoms with van der Waals surface area (Å²) in [5.41, 5.74) is 7.39. The molecular weight excluding hydrogens is 228 g/mol. The standard InChI is InChI=1S/C14H22N2O2/c1-3-4-5-6-10(2)16-13-9-11(14(17)18)7-8-12(13)15/h7-10,16H,3-6,15H2,1-2H3,(H,17,18). The Kier molecular flexibility index (Phi) is 5.49. The minimum Gasteiger partial charge on any atom is -0.478 e. The molecule has 1 unspecified atom stereocenters. The third kappa shape index (κ3) is 4.28. The quantitative estimate of drug-likeness (QED) is 0.512. The van der Waals surface area contributed by atoms with Gasteiger partial charge in [-0.2, -0.15) is 0 Å². The maximum absolute atomic E-state index is 10.9. The van der Waals surface area contributed by atoms with Crippen molar-refractivity contribution >= 4 is 17.3 Å². The molecule has 0 aliphatic rings. The molecule has 1 aromatic rings. The van der Waals surface area contributed by atoms with Crippen molar-refractivity contribution in [3.63, 3.8) is 0 Å². The van der Waals surface area contributed by atoms with Gasteiger partial charge < -0.3 is 16.2 Å². The van der Waals surface area contributed by atoms with E-state index < -0.39 is 5.97 Å². The first-order chi connectivity index (χ1) is 8.54. The molecular formula is C14H22N2O2. The Labute approximate surface area is 108 Å². The highest BCUT2D eigenvalue weighted by molar-refractivity contribution is 5.90. The van der Waals surface area contributed by atoms with Crippen molar-refractivity contribution in [2.45, 2.75) is 45.6 Å². The molecule has 4 N–H and O–H groups in total. The Hall–Kier alpha value is -1.71. The van der Waals surface area contributed by atoms with E-state index in [2.05, 4.69) is 19.2 Å². The highest BCUT2D eigenvalue weighted by atomic mass is 16.4. The lowest BCUT2D eigenvalue weighted by Crippen LogP contribution is -2.16. The lowest BCUT2D eigenvalue weighted by Gasteiger charge is -2.17. The minimum atomic E-state index is -0.934. The second-order valence-corrected chi connectivity index (χ2v) is 4.65.